The Bertz CT molecular complexity index is 262. The minimum absolute atomic E-state index is 0. The molecule has 7 heteroatoms. The molecule has 0 unspecified atom stereocenters. The van der Waals surface area contributed by atoms with Crippen molar-refractivity contribution in [2.24, 2.45) is 0 Å². The van der Waals surface area contributed by atoms with E-state index in [1.165, 1.54) is 0 Å². The fourth-order valence-corrected chi connectivity index (χ4v) is 1.42. The number of hydrogen-bond acceptors (Lipinski definition) is 4. The number of ether oxygens (including phenoxy) is 1. The van der Waals surface area contributed by atoms with Gasteiger partial charge >= 0.3 is 5.97 Å². The number of unbranched alkanes of at least 4 members (excludes halogenated alkanes) is 1. The topological polar surface area (TPSA) is 80.7 Å². The van der Waals surface area contributed by atoms with E-state index in [9.17, 15) is 13.2 Å². The molecule has 85 valence electrons. The third kappa shape index (κ3) is 15.0. The fourth-order valence-electron chi connectivity index (χ4n) is 0.849. The molecule has 0 saturated carbocycles. The molecule has 0 rings (SSSR count). The van der Waals surface area contributed by atoms with Crippen molar-refractivity contribution in [3.8, 4) is 0 Å². The smallest absolute Gasteiger partial charge is 0.305 e. The summed E-state index contributed by atoms with van der Waals surface area (Å²) in [5.74, 6) is -0.544. The van der Waals surface area contributed by atoms with Crippen LogP contribution in [0.15, 0.2) is 0 Å². The summed E-state index contributed by atoms with van der Waals surface area (Å²) < 4.78 is 33.7. The van der Waals surface area contributed by atoms with Crippen molar-refractivity contribution in [1.82, 2.24) is 0 Å². The van der Waals surface area contributed by atoms with Gasteiger partial charge in [0.05, 0.1) is 12.4 Å². The Morgan fingerprint density at radius 2 is 1.93 bits per heavy atom. The van der Waals surface area contributed by atoms with Crippen LogP contribution >= 0.6 is 0 Å². The van der Waals surface area contributed by atoms with E-state index in [4.69, 9.17) is 9.29 Å². The second-order valence-electron chi connectivity index (χ2n) is 2.96. The van der Waals surface area contributed by atoms with Gasteiger partial charge < -0.3 is 4.74 Å². The standard InChI is InChI=1S/C8H16O5S.K/c1-2-5-8(9)13-6-3-4-7-14(10,11)12;/h2-7H2,1H3,(H,10,11,12);. The van der Waals surface area contributed by atoms with Gasteiger partial charge in [-0.2, -0.15) is 8.42 Å². The van der Waals surface area contributed by atoms with Gasteiger partial charge in [0, 0.05) is 57.8 Å². The average molecular weight is 263 g/mol. The van der Waals surface area contributed by atoms with Gasteiger partial charge in [-0.3, -0.25) is 9.35 Å². The van der Waals surface area contributed by atoms with E-state index in [1.807, 2.05) is 6.92 Å². The van der Waals surface area contributed by atoms with Crippen LogP contribution in [-0.2, 0) is 19.6 Å². The zero-order chi connectivity index (χ0) is 11.0. The van der Waals surface area contributed by atoms with Gasteiger partial charge in [0.15, 0.2) is 0 Å². The number of rotatable bonds is 7. The molecule has 0 amide bonds. The predicted molar refractivity (Wildman–Crippen MR) is 57.3 cm³/mol. The normalized spacial score (nSPS) is 10.5. The van der Waals surface area contributed by atoms with Crippen molar-refractivity contribution in [1.29, 1.82) is 0 Å². The van der Waals surface area contributed by atoms with E-state index in [2.05, 4.69) is 0 Å². The van der Waals surface area contributed by atoms with Crippen LogP contribution in [-0.4, -0.2) is 82.7 Å². The van der Waals surface area contributed by atoms with Crippen molar-refractivity contribution in [2.75, 3.05) is 12.4 Å². The number of carbonyl (C=O) groups is 1. The van der Waals surface area contributed by atoms with Crippen molar-refractivity contribution in [3.05, 3.63) is 0 Å². The van der Waals surface area contributed by atoms with Gasteiger partial charge in [-0.25, -0.2) is 0 Å². The second kappa shape index (κ2) is 10.2. The van der Waals surface area contributed by atoms with Crippen LogP contribution in [0.2, 0.25) is 0 Å². The van der Waals surface area contributed by atoms with Crippen LogP contribution in [0.25, 0.3) is 0 Å². The molecular formula is C8H16KO5S. The maximum Gasteiger partial charge on any atom is 0.305 e. The van der Waals surface area contributed by atoms with E-state index >= 15 is 0 Å². The number of carbonyl (C=O) groups excluding carboxylic acids is 1. The summed E-state index contributed by atoms with van der Waals surface area (Å²) in [5, 5.41) is 0. The molecule has 0 aromatic heterocycles. The molecule has 0 aliphatic heterocycles. The molecule has 0 bridgehead atoms. The predicted octanol–water partition coefficient (Wildman–Crippen LogP) is 0.617. The molecule has 1 radical (unpaired) electrons. The first-order valence-electron chi connectivity index (χ1n) is 4.56. The Labute approximate surface area is 133 Å². The monoisotopic (exact) mass is 263 g/mol. The van der Waals surface area contributed by atoms with Gasteiger partial charge in [-0.1, -0.05) is 6.92 Å². The molecular weight excluding hydrogens is 247 g/mol. The van der Waals surface area contributed by atoms with Gasteiger partial charge in [0.2, 0.25) is 0 Å². The minimum Gasteiger partial charge on any atom is -0.466 e. The Kier molecular flexibility index (Phi) is 12.5. The van der Waals surface area contributed by atoms with E-state index in [0.717, 1.165) is 6.42 Å². The molecule has 0 aromatic carbocycles. The molecule has 5 nitrogen and oxygen atoms in total. The summed E-state index contributed by atoms with van der Waals surface area (Å²) in [5.41, 5.74) is 0. The molecule has 0 aromatic rings. The molecule has 0 aliphatic rings. The van der Waals surface area contributed by atoms with Gasteiger partial charge in [-0.05, 0) is 19.3 Å². The zero-order valence-electron chi connectivity index (χ0n) is 9.23. The van der Waals surface area contributed by atoms with Crippen molar-refractivity contribution in [3.63, 3.8) is 0 Å². The largest absolute Gasteiger partial charge is 0.466 e. The average Bonchev–Trinajstić information content (AvgIpc) is 2.02. The zero-order valence-corrected chi connectivity index (χ0v) is 13.2. The van der Waals surface area contributed by atoms with Gasteiger partial charge in [0.1, 0.15) is 0 Å². The SMILES string of the molecule is CCCC(=O)OCCCCS(=O)(=O)O.[K]. The second-order valence-corrected chi connectivity index (χ2v) is 4.54. The molecule has 0 spiro atoms. The molecule has 0 fully saturated rings. The maximum atomic E-state index is 10.8. The number of esters is 1. The molecule has 0 atom stereocenters. The Hall–Kier alpha value is 1.02. The van der Waals surface area contributed by atoms with Gasteiger partial charge in [-0.15, -0.1) is 0 Å². The molecule has 1 N–H and O–H groups in total. The summed E-state index contributed by atoms with van der Waals surface area (Å²) in [4.78, 5) is 10.8. The van der Waals surface area contributed by atoms with Crippen molar-refractivity contribution in [2.45, 2.75) is 32.6 Å². The first-order chi connectivity index (χ1) is 6.45. The molecule has 0 aliphatic carbocycles. The van der Waals surface area contributed by atoms with Crippen molar-refractivity contribution >= 4 is 67.5 Å². The minimum atomic E-state index is -3.88. The van der Waals surface area contributed by atoms with E-state index in [-0.39, 0.29) is 69.7 Å². The quantitative estimate of drug-likeness (QED) is 0.315. The van der Waals surface area contributed by atoms with Crippen LogP contribution in [0.5, 0.6) is 0 Å². The van der Waals surface area contributed by atoms with E-state index in [0.29, 0.717) is 19.3 Å². The van der Waals surface area contributed by atoms with Gasteiger partial charge in [0.25, 0.3) is 10.1 Å². The summed E-state index contributed by atoms with van der Waals surface area (Å²) in [6, 6.07) is 0. The summed E-state index contributed by atoms with van der Waals surface area (Å²) in [6.45, 7) is 2.09. The summed E-state index contributed by atoms with van der Waals surface area (Å²) in [7, 11) is -3.88. The van der Waals surface area contributed by atoms with Crippen LogP contribution in [0.4, 0.5) is 0 Å². The van der Waals surface area contributed by atoms with Crippen LogP contribution < -0.4 is 0 Å². The fraction of sp³-hybridized carbons (Fsp3) is 0.875. The van der Waals surface area contributed by atoms with E-state index in [1.54, 1.807) is 0 Å². The molecule has 0 saturated heterocycles. The Balaban J connectivity index is 0. The van der Waals surface area contributed by atoms with Crippen LogP contribution in [0, 0.1) is 0 Å². The third-order valence-electron chi connectivity index (χ3n) is 1.51. The first kappa shape index (κ1) is 18.4. The first-order valence-corrected chi connectivity index (χ1v) is 6.17. The summed E-state index contributed by atoms with van der Waals surface area (Å²) in [6.07, 6.45) is 1.88. The Morgan fingerprint density at radius 1 is 1.33 bits per heavy atom. The molecule has 0 heterocycles. The van der Waals surface area contributed by atoms with E-state index < -0.39 is 10.1 Å². The van der Waals surface area contributed by atoms with Crippen LogP contribution in [0.1, 0.15) is 32.6 Å². The third-order valence-corrected chi connectivity index (χ3v) is 2.32. The molecule has 15 heavy (non-hydrogen) atoms. The van der Waals surface area contributed by atoms with Crippen LogP contribution in [0.3, 0.4) is 0 Å². The van der Waals surface area contributed by atoms with Crippen molar-refractivity contribution < 1.29 is 22.5 Å². The maximum absolute atomic E-state index is 10.8. The number of hydrogen-bond donors (Lipinski definition) is 1. The Morgan fingerprint density at radius 3 is 2.40 bits per heavy atom. The summed E-state index contributed by atoms with van der Waals surface area (Å²) >= 11 is 0.